The Morgan fingerprint density at radius 2 is 1.86 bits per heavy atom. The van der Waals surface area contributed by atoms with Crippen LogP contribution in [0, 0.1) is 17.1 Å². The lowest BCUT2D eigenvalue weighted by Gasteiger charge is -2.32. The van der Waals surface area contributed by atoms with Crippen molar-refractivity contribution in [1.29, 1.82) is 5.26 Å². The van der Waals surface area contributed by atoms with Crippen molar-refractivity contribution >= 4 is 23.1 Å². The number of piperidine rings is 1. The first-order valence-electron chi connectivity index (χ1n) is 6.91. The quantitative estimate of drug-likeness (QED) is 0.487. The second-order valence-electron chi connectivity index (χ2n) is 4.95. The highest BCUT2D eigenvalue weighted by atomic mass is 35.5. The van der Waals surface area contributed by atoms with E-state index in [2.05, 4.69) is 0 Å². The van der Waals surface area contributed by atoms with Crippen molar-refractivity contribution in [2.45, 2.75) is 19.3 Å². The van der Waals surface area contributed by atoms with E-state index in [-0.39, 0.29) is 17.3 Å². The Labute approximate surface area is 128 Å². The molecule has 21 heavy (non-hydrogen) atoms. The van der Waals surface area contributed by atoms with E-state index in [1.165, 1.54) is 12.1 Å². The van der Waals surface area contributed by atoms with Crippen LogP contribution in [0.4, 0.5) is 4.39 Å². The second kappa shape index (κ2) is 7.24. The van der Waals surface area contributed by atoms with Crippen molar-refractivity contribution < 1.29 is 9.18 Å². The summed E-state index contributed by atoms with van der Waals surface area (Å²) in [7, 11) is 0. The molecule has 3 nitrogen and oxygen atoms in total. The molecular weight excluding hydrogens is 291 g/mol. The summed E-state index contributed by atoms with van der Waals surface area (Å²) < 4.78 is 13.1. The Morgan fingerprint density at radius 3 is 2.38 bits per heavy atom. The maximum Gasteiger partial charge on any atom is 0.190 e. The van der Waals surface area contributed by atoms with E-state index in [9.17, 15) is 14.4 Å². The van der Waals surface area contributed by atoms with Crippen LogP contribution >= 0.6 is 11.6 Å². The summed E-state index contributed by atoms with van der Waals surface area (Å²) in [5.74, 6) is -0.982. The number of hydrogen-bond donors (Lipinski definition) is 0. The first-order valence-corrected chi connectivity index (χ1v) is 7.45. The highest BCUT2D eigenvalue weighted by Gasteiger charge is 2.22. The monoisotopic (exact) mass is 306 g/mol. The number of Topliss-reactive ketones (excluding diaryl/α,β-unsaturated/α-hetero) is 1. The minimum absolute atomic E-state index is 0.0542. The molecule has 2 rings (SSSR count). The number of rotatable bonds is 4. The number of nitrogens with zero attached hydrogens (tertiary/aromatic N) is 2. The lowest BCUT2D eigenvalue weighted by Crippen LogP contribution is -2.30. The molecule has 0 aromatic heterocycles. The highest BCUT2D eigenvalue weighted by Crippen LogP contribution is 2.27. The van der Waals surface area contributed by atoms with Gasteiger partial charge in [-0.1, -0.05) is 0 Å². The first kappa shape index (κ1) is 15.5. The number of carbonyl (C=O) groups excluding carboxylic acids is 1. The Balaban J connectivity index is 2.52. The second-order valence-corrected chi connectivity index (χ2v) is 5.21. The van der Waals surface area contributed by atoms with E-state index in [0.29, 0.717) is 11.3 Å². The highest BCUT2D eigenvalue weighted by molar-refractivity contribution is 6.32. The van der Waals surface area contributed by atoms with Crippen LogP contribution in [0.5, 0.6) is 0 Å². The molecule has 1 heterocycles. The van der Waals surface area contributed by atoms with Crippen molar-refractivity contribution in [1.82, 2.24) is 4.90 Å². The van der Waals surface area contributed by atoms with E-state index in [4.69, 9.17) is 11.6 Å². The van der Waals surface area contributed by atoms with E-state index in [0.717, 1.165) is 32.4 Å². The van der Waals surface area contributed by atoms with Gasteiger partial charge >= 0.3 is 0 Å². The van der Waals surface area contributed by atoms with Crippen LogP contribution in [0.2, 0.25) is 0 Å². The molecule has 1 aliphatic rings. The van der Waals surface area contributed by atoms with Gasteiger partial charge in [0.1, 0.15) is 17.5 Å². The molecule has 0 bridgehead atoms. The normalized spacial score (nSPS) is 16.1. The number of likely N-dealkylation sites (tertiary alicyclic amines) is 1. The Morgan fingerprint density at radius 1 is 1.24 bits per heavy atom. The largest absolute Gasteiger partial charge is 0.370 e. The van der Waals surface area contributed by atoms with Gasteiger partial charge in [-0.2, -0.15) is 5.26 Å². The zero-order chi connectivity index (χ0) is 15.2. The van der Waals surface area contributed by atoms with Crippen molar-refractivity contribution in [2.75, 3.05) is 19.0 Å². The average molecular weight is 307 g/mol. The zero-order valence-corrected chi connectivity index (χ0v) is 12.4. The number of halogens is 2. The number of carbonyl (C=O) groups is 1. The Kier molecular flexibility index (Phi) is 5.35. The van der Waals surface area contributed by atoms with Gasteiger partial charge in [0.05, 0.1) is 11.6 Å². The topological polar surface area (TPSA) is 44.1 Å². The zero-order valence-electron chi connectivity index (χ0n) is 11.6. The molecule has 0 N–H and O–H groups in total. The van der Waals surface area contributed by atoms with Gasteiger partial charge in [0, 0.05) is 13.1 Å². The minimum Gasteiger partial charge on any atom is -0.370 e. The Hall–Kier alpha value is -1.86. The molecule has 1 aromatic carbocycles. The van der Waals surface area contributed by atoms with Crippen LogP contribution in [-0.4, -0.2) is 29.7 Å². The molecule has 0 saturated carbocycles. The molecule has 1 fully saturated rings. The first-order chi connectivity index (χ1) is 10.2. The summed E-state index contributed by atoms with van der Waals surface area (Å²) in [4.78, 5) is 14.0. The smallest absolute Gasteiger partial charge is 0.190 e. The van der Waals surface area contributed by atoms with Gasteiger partial charge < -0.3 is 4.90 Å². The van der Waals surface area contributed by atoms with Crippen LogP contribution < -0.4 is 0 Å². The SMILES string of the molecule is N#C/C(C(=O)CCl)=C(\c1ccc(F)cc1)N1CCCCC1. The average Bonchev–Trinajstić information content (AvgIpc) is 2.54. The fourth-order valence-corrected chi connectivity index (χ4v) is 2.66. The third kappa shape index (κ3) is 3.62. The number of nitriles is 1. The van der Waals surface area contributed by atoms with E-state index in [1.807, 2.05) is 11.0 Å². The summed E-state index contributed by atoms with van der Waals surface area (Å²) in [6.45, 7) is 1.57. The number of alkyl halides is 1. The standard InChI is InChI=1S/C16H16ClFN2O/c17-10-15(21)14(11-19)16(20-8-2-1-3-9-20)12-4-6-13(18)7-5-12/h4-7H,1-3,8-10H2/b16-14-. The fourth-order valence-electron chi connectivity index (χ4n) is 2.52. The fraction of sp³-hybridized carbons (Fsp3) is 0.375. The van der Waals surface area contributed by atoms with Gasteiger partial charge in [-0.05, 0) is 49.1 Å². The molecule has 0 aliphatic carbocycles. The van der Waals surface area contributed by atoms with Crippen LogP contribution in [0.15, 0.2) is 29.8 Å². The molecule has 5 heteroatoms. The van der Waals surface area contributed by atoms with Crippen LogP contribution in [0.3, 0.4) is 0 Å². The molecule has 1 aliphatic heterocycles. The van der Waals surface area contributed by atoms with Gasteiger partial charge in [0.2, 0.25) is 0 Å². The van der Waals surface area contributed by atoms with Crippen molar-refractivity contribution in [2.24, 2.45) is 0 Å². The van der Waals surface area contributed by atoms with Crippen LogP contribution in [0.25, 0.3) is 5.70 Å². The third-order valence-corrected chi connectivity index (χ3v) is 3.78. The number of ketones is 1. The number of hydrogen-bond acceptors (Lipinski definition) is 3. The summed E-state index contributed by atoms with van der Waals surface area (Å²) in [6, 6.07) is 7.83. The molecule has 0 radical (unpaired) electrons. The predicted molar refractivity (Wildman–Crippen MR) is 80.1 cm³/mol. The van der Waals surface area contributed by atoms with Gasteiger partial charge in [0.25, 0.3) is 0 Å². The van der Waals surface area contributed by atoms with Crippen molar-refractivity contribution in [3.8, 4) is 6.07 Å². The number of benzene rings is 1. The molecule has 0 unspecified atom stereocenters. The van der Waals surface area contributed by atoms with Crippen molar-refractivity contribution in [3.63, 3.8) is 0 Å². The van der Waals surface area contributed by atoms with E-state index < -0.39 is 5.78 Å². The van der Waals surface area contributed by atoms with Gasteiger partial charge in [-0.3, -0.25) is 4.79 Å². The minimum atomic E-state index is -0.399. The van der Waals surface area contributed by atoms with E-state index in [1.54, 1.807) is 12.1 Å². The van der Waals surface area contributed by atoms with E-state index >= 15 is 0 Å². The molecule has 110 valence electrons. The van der Waals surface area contributed by atoms with Crippen molar-refractivity contribution in [3.05, 3.63) is 41.2 Å². The molecular formula is C16H16ClFN2O. The predicted octanol–water partition coefficient (Wildman–Crippen LogP) is 3.35. The molecule has 0 spiro atoms. The summed E-state index contributed by atoms with van der Waals surface area (Å²) in [5, 5.41) is 9.36. The summed E-state index contributed by atoms with van der Waals surface area (Å²) in [6.07, 6.45) is 3.16. The molecule has 0 amide bonds. The lowest BCUT2D eigenvalue weighted by molar-refractivity contribution is -0.113. The lowest BCUT2D eigenvalue weighted by atomic mass is 10.0. The molecule has 1 saturated heterocycles. The molecule has 1 aromatic rings. The molecule has 0 atom stereocenters. The third-order valence-electron chi connectivity index (χ3n) is 3.54. The summed E-state index contributed by atoms with van der Waals surface area (Å²) >= 11 is 5.61. The van der Waals surface area contributed by atoms with Crippen LogP contribution in [-0.2, 0) is 4.79 Å². The van der Waals surface area contributed by atoms with Gasteiger partial charge in [-0.25, -0.2) is 4.39 Å². The van der Waals surface area contributed by atoms with Gasteiger partial charge in [-0.15, -0.1) is 11.6 Å². The number of allylic oxidation sites excluding steroid dienone is 1. The van der Waals surface area contributed by atoms with Gasteiger partial charge in [0.15, 0.2) is 5.78 Å². The Bertz CT molecular complexity index is 583. The maximum absolute atomic E-state index is 13.1. The van der Waals surface area contributed by atoms with Crippen LogP contribution in [0.1, 0.15) is 24.8 Å². The summed E-state index contributed by atoms with van der Waals surface area (Å²) in [5.41, 5.74) is 1.30. The maximum atomic E-state index is 13.1.